The SMILES string of the molecule is COc1cc(C(=O)O)c(N=Nc2ccccc2)c(OC)c1OC. The summed E-state index contributed by atoms with van der Waals surface area (Å²) < 4.78 is 15.7. The predicted octanol–water partition coefficient (Wildman–Crippen LogP) is 3.83. The van der Waals surface area contributed by atoms with Crippen LogP contribution < -0.4 is 14.2 Å². The zero-order valence-corrected chi connectivity index (χ0v) is 12.9. The van der Waals surface area contributed by atoms with Gasteiger partial charge < -0.3 is 19.3 Å². The van der Waals surface area contributed by atoms with Crippen molar-refractivity contribution in [3.63, 3.8) is 0 Å². The Hall–Kier alpha value is -3.09. The summed E-state index contributed by atoms with van der Waals surface area (Å²) in [6.07, 6.45) is 0. The molecule has 0 heterocycles. The van der Waals surface area contributed by atoms with Crippen molar-refractivity contribution < 1.29 is 24.1 Å². The number of aromatic carboxylic acids is 1. The Bertz CT molecular complexity index is 729. The highest BCUT2D eigenvalue weighted by molar-refractivity contribution is 5.97. The second-order valence-corrected chi connectivity index (χ2v) is 4.38. The van der Waals surface area contributed by atoms with Gasteiger partial charge in [0.25, 0.3) is 0 Å². The van der Waals surface area contributed by atoms with Crippen LogP contribution in [0.4, 0.5) is 11.4 Å². The Morgan fingerprint density at radius 1 is 0.957 bits per heavy atom. The van der Waals surface area contributed by atoms with Gasteiger partial charge in [-0.05, 0) is 12.1 Å². The number of carboxylic acid groups (broad SMARTS) is 1. The van der Waals surface area contributed by atoms with Crippen molar-refractivity contribution in [1.82, 2.24) is 0 Å². The van der Waals surface area contributed by atoms with Gasteiger partial charge in [-0.3, -0.25) is 0 Å². The Labute approximate surface area is 133 Å². The van der Waals surface area contributed by atoms with Crippen molar-refractivity contribution in [2.45, 2.75) is 0 Å². The summed E-state index contributed by atoms with van der Waals surface area (Å²) in [5, 5.41) is 17.5. The molecule has 0 aliphatic rings. The monoisotopic (exact) mass is 316 g/mol. The molecule has 2 aromatic carbocycles. The average Bonchev–Trinajstić information content (AvgIpc) is 2.58. The summed E-state index contributed by atoms with van der Waals surface area (Å²) in [6, 6.07) is 10.3. The quantitative estimate of drug-likeness (QED) is 0.818. The summed E-state index contributed by atoms with van der Waals surface area (Å²) in [4.78, 5) is 11.5. The Morgan fingerprint density at radius 2 is 1.61 bits per heavy atom. The second-order valence-electron chi connectivity index (χ2n) is 4.38. The molecule has 0 unspecified atom stereocenters. The first kappa shape index (κ1) is 16.3. The van der Waals surface area contributed by atoms with Crippen LogP contribution in [0.3, 0.4) is 0 Å². The number of azo groups is 1. The van der Waals surface area contributed by atoms with Crippen LogP contribution in [0, 0.1) is 0 Å². The number of rotatable bonds is 6. The minimum atomic E-state index is -1.17. The molecule has 0 amide bonds. The molecule has 1 N–H and O–H groups in total. The molecule has 0 saturated carbocycles. The lowest BCUT2D eigenvalue weighted by molar-refractivity contribution is 0.0697. The fourth-order valence-electron chi connectivity index (χ4n) is 2.01. The molecular weight excluding hydrogens is 300 g/mol. The Kier molecular flexibility index (Phi) is 5.14. The molecule has 2 aromatic rings. The smallest absolute Gasteiger partial charge is 0.338 e. The summed E-state index contributed by atoms with van der Waals surface area (Å²) in [5.74, 6) is -0.544. The number of hydrogen-bond acceptors (Lipinski definition) is 6. The van der Waals surface area contributed by atoms with Crippen LogP contribution >= 0.6 is 0 Å². The molecule has 0 atom stereocenters. The molecule has 0 spiro atoms. The molecule has 7 nitrogen and oxygen atoms in total. The van der Waals surface area contributed by atoms with Gasteiger partial charge >= 0.3 is 5.97 Å². The minimum Gasteiger partial charge on any atom is -0.493 e. The molecule has 0 aliphatic carbocycles. The van der Waals surface area contributed by atoms with Gasteiger partial charge in [-0.2, -0.15) is 5.11 Å². The first-order chi connectivity index (χ1) is 11.1. The zero-order valence-electron chi connectivity index (χ0n) is 12.9. The average molecular weight is 316 g/mol. The van der Waals surface area contributed by atoms with E-state index in [-0.39, 0.29) is 28.5 Å². The fourth-order valence-corrected chi connectivity index (χ4v) is 2.01. The van der Waals surface area contributed by atoms with E-state index in [1.807, 2.05) is 6.07 Å². The number of ether oxygens (including phenoxy) is 3. The number of nitrogens with zero attached hydrogens (tertiary/aromatic N) is 2. The van der Waals surface area contributed by atoms with E-state index in [1.165, 1.54) is 27.4 Å². The van der Waals surface area contributed by atoms with Crippen LogP contribution in [-0.2, 0) is 0 Å². The van der Waals surface area contributed by atoms with Crippen molar-refractivity contribution in [3.8, 4) is 17.2 Å². The number of carboxylic acids is 1. The number of carbonyl (C=O) groups is 1. The van der Waals surface area contributed by atoms with Gasteiger partial charge in [-0.15, -0.1) is 5.11 Å². The standard InChI is InChI=1S/C16H16N2O5/c1-21-12-9-11(16(19)20)13(15(23-3)14(12)22-2)18-17-10-7-5-4-6-8-10/h4-9H,1-3H3,(H,19,20). The van der Waals surface area contributed by atoms with Gasteiger partial charge in [0.2, 0.25) is 5.75 Å². The summed E-state index contributed by atoms with van der Waals surface area (Å²) >= 11 is 0. The van der Waals surface area contributed by atoms with Crippen LogP contribution in [0.15, 0.2) is 46.6 Å². The van der Waals surface area contributed by atoms with Gasteiger partial charge in [-0.25, -0.2) is 4.79 Å². The minimum absolute atomic E-state index is 0.0569. The van der Waals surface area contributed by atoms with Crippen LogP contribution in [-0.4, -0.2) is 32.4 Å². The van der Waals surface area contributed by atoms with Gasteiger partial charge in [0.05, 0.1) is 32.6 Å². The first-order valence-corrected chi connectivity index (χ1v) is 6.65. The first-order valence-electron chi connectivity index (χ1n) is 6.65. The Balaban J connectivity index is 2.64. The lowest BCUT2D eigenvalue weighted by atomic mass is 10.1. The third-order valence-corrected chi connectivity index (χ3v) is 3.06. The third-order valence-electron chi connectivity index (χ3n) is 3.06. The van der Waals surface area contributed by atoms with Crippen LogP contribution in [0.2, 0.25) is 0 Å². The van der Waals surface area contributed by atoms with E-state index in [9.17, 15) is 9.90 Å². The lowest BCUT2D eigenvalue weighted by Crippen LogP contribution is -2.02. The van der Waals surface area contributed by atoms with Crippen LogP contribution in [0.25, 0.3) is 0 Å². The van der Waals surface area contributed by atoms with E-state index >= 15 is 0 Å². The summed E-state index contributed by atoms with van der Waals surface area (Å²) in [5.41, 5.74) is 0.543. The number of hydrogen-bond donors (Lipinski definition) is 1. The molecule has 0 radical (unpaired) electrons. The van der Waals surface area contributed by atoms with E-state index in [2.05, 4.69) is 10.2 Å². The van der Waals surface area contributed by atoms with Crippen molar-refractivity contribution in [2.75, 3.05) is 21.3 Å². The van der Waals surface area contributed by atoms with Crippen molar-refractivity contribution in [2.24, 2.45) is 10.2 Å². The highest BCUT2D eigenvalue weighted by Crippen LogP contribution is 2.47. The van der Waals surface area contributed by atoms with Crippen LogP contribution in [0.1, 0.15) is 10.4 Å². The fraction of sp³-hybridized carbons (Fsp3) is 0.188. The lowest BCUT2D eigenvalue weighted by Gasteiger charge is -2.15. The van der Waals surface area contributed by atoms with Gasteiger partial charge in [-0.1, -0.05) is 18.2 Å². The molecular formula is C16H16N2O5. The molecule has 0 bridgehead atoms. The van der Waals surface area contributed by atoms with Crippen molar-refractivity contribution >= 4 is 17.3 Å². The van der Waals surface area contributed by atoms with E-state index in [1.54, 1.807) is 24.3 Å². The highest BCUT2D eigenvalue weighted by Gasteiger charge is 2.24. The van der Waals surface area contributed by atoms with Crippen molar-refractivity contribution in [3.05, 3.63) is 42.0 Å². The third kappa shape index (κ3) is 3.39. The van der Waals surface area contributed by atoms with Gasteiger partial charge in [0.1, 0.15) is 5.69 Å². The maximum Gasteiger partial charge on any atom is 0.338 e. The van der Waals surface area contributed by atoms with E-state index in [4.69, 9.17) is 14.2 Å². The molecule has 120 valence electrons. The summed E-state index contributed by atoms with van der Waals surface area (Å²) in [7, 11) is 4.23. The second kappa shape index (κ2) is 7.26. The molecule has 2 rings (SSSR count). The zero-order chi connectivity index (χ0) is 16.8. The topological polar surface area (TPSA) is 89.7 Å². The molecule has 7 heteroatoms. The van der Waals surface area contributed by atoms with Crippen molar-refractivity contribution in [1.29, 1.82) is 0 Å². The van der Waals surface area contributed by atoms with Gasteiger partial charge in [0, 0.05) is 6.07 Å². The summed E-state index contributed by atoms with van der Waals surface area (Å²) in [6.45, 7) is 0. The molecule has 0 saturated heterocycles. The Morgan fingerprint density at radius 3 is 2.13 bits per heavy atom. The molecule has 23 heavy (non-hydrogen) atoms. The number of methoxy groups -OCH3 is 3. The normalized spacial score (nSPS) is 10.6. The maximum atomic E-state index is 11.5. The molecule has 0 aliphatic heterocycles. The van der Waals surface area contributed by atoms with E-state index < -0.39 is 5.97 Å². The largest absolute Gasteiger partial charge is 0.493 e. The van der Waals surface area contributed by atoms with Gasteiger partial charge in [0.15, 0.2) is 11.5 Å². The predicted molar refractivity (Wildman–Crippen MR) is 83.7 cm³/mol. The highest BCUT2D eigenvalue weighted by atomic mass is 16.5. The molecule has 0 aromatic heterocycles. The van der Waals surface area contributed by atoms with Crippen LogP contribution in [0.5, 0.6) is 17.2 Å². The van der Waals surface area contributed by atoms with E-state index in [0.29, 0.717) is 5.69 Å². The molecule has 0 fully saturated rings. The number of benzene rings is 2. The van der Waals surface area contributed by atoms with E-state index in [0.717, 1.165) is 0 Å². The maximum absolute atomic E-state index is 11.5.